The summed E-state index contributed by atoms with van der Waals surface area (Å²) in [5.41, 5.74) is 1.25. The molecule has 18 heavy (non-hydrogen) atoms. The number of rotatable bonds is 6. The maximum atomic E-state index is 11.5. The third-order valence-electron chi connectivity index (χ3n) is 2.44. The number of carboxylic acids is 1. The van der Waals surface area contributed by atoms with Gasteiger partial charge in [0.2, 0.25) is 0 Å². The van der Waals surface area contributed by atoms with E-state index in [4.69, 9.17) is 5.11 Å². The number of hydrogen-bond donors (Lipinski definition) is 1. The first-order chi connectivity index (χ1) is 8.59. The van der Waals surface area contributed by atoms with E-state index in [9.17, 15) is 9.59 Å². The maximum absolute atomic E-state index is 11.5. The van der Waals surface area contributed by atoms with Gasteiger partial charge in [0.15, 0.2) is 5.78 Å². The van der Waals surface area contributed by atoms with Crippen LogP contribution in [0.5, 0.6) is 0 Å². The Morgan fingerprint density at radius 1 is 1.22 bits per heavy atom. The summed E-state index contributed by atoms with van der Waals surface area (Å²) < 4.78 is 0. The molecule has 1 N–H and O–H groups in total. The van der Waals surface area contributed by atoms with Crippen molar-refractivity contribution in [2.45, 2.75) is 19.8 Å². The molecule has 3 heteroatoms. The number of allylic oxidation sites excluding steroid dienone is 2. The molecule has 1 rings (SSSR count). The highest BCUT2D eigenvalue weighted by Gasteiger charge is 2.00. The van der Waals surface area contributed by atoms with Crippen LogP contribution >= 0.6 is 0 Å². The first-order valence-electron chi connectivity index (χ1n) is 5.75. The van der Waals surface area contributed by atoms with Crippen LogP contribution in [0.4, 0.5) is 0 Å². The van der Waals surface area contributed by atoms with E-state index >= 15 is 0 Å². The van der Waals surface area contributed by atoms with Crippen molar-refractivity contribution in [3.63, 3.8) is 0 Å². The van der Waals surface area contributed by atoms with Gasteiger partial charge in [0, 0.05) is 12.0 Å². The number of carboxylic acid groups (broad SMARTS) is 1. The van der Waals surface area contributed by atoms with Crippen LogP contribution in [-0.2, 0) is 9.59 Å². The first kappa shape index (κ1) is 13.9. The summed E-state index contributed by atoms with van der Waals surface area (Å²) in [4.78, 5) is 22.0. The molecule has 1 aromatic carbocycles. The number of carbonyl (C=O) groups excluding carboxylic acids is 1. The van der Waals surface area contributed by atoms with Crippen LogP contribution in [-0.4, -0.2) is 16.9 Å². The van der Waals surface area contributed by atoms with Gasteiger partial charge in [-0.2, -0.15) is 0 Å². The fourth-order valence-electron chi connectivity index (χ4n) is 1.35. The van der Waals surface area contributed by atoms with Gasteiger partial charge in [-0.25, -0.2) is 4.79 Å². The molecule has 0 aliphatic heterocycles. The van der Waals surface area contributed by atoms with Gasteiger partial charge in [-0.05, 0) is 25.0 Å². The summed E-state index contributed by atoms with van der Waals surface area (Å²) >= 11 is 0. The Kier molecular flexibility index (Phi) is 5.58. The lowest BCUT2D eigenvalue weighted by molar-refractivity contribution is -0.132. The molecule has 0 radical (unpaired) electrons. The zero-order chi connectivity index (χ0) is 13.4. The maximum Gasteiger partial charge on any atom is 0.330 e. The van der Waals surface area contributed by atoms with E-state index in [1.165, 1.54) is 13.0 Å². The number of carbonyl (C=O) groups is 2. The molecule has 94 valence electrons. The van der Waals surface area contributed by atoms with E-state index < -0.39 is 5.97 Å². The highest BCUT2D eigenvalue weighted by molar-refractivity contribution is 5.93. The van der Waals surface area contributed by atoms with Gasteiger partial charge >= 0.3 is 5.97 Å². The summed E-state index contributed by atoms with van der Waals surface area (Å²) in [6.45, 7) is 1.52. The Balaban J connectivity index is 2.41. The monoisotopic (exact) mass is 244 g/mol. The molecule has 0 aromatic heterocycles. The molecule has 0 atom stereocenters. The number of ketones is 1. The highest BCUT2D eigenvalue weighted by Crippen LogP contribution is 2.04. The van der Waals surface area contributed by atoms with E-state index in [0.717, 1.165) is 5.56 Å². The second kappa shape index (κ2) is 7.22. The Labute approximate surface area is 106 Å². The third-order valence-corrected chi connectivity index (χ3v) is 2.44. The largest absolute Gasteiger partial charge is 0.478 e. The van der Waals surface area contributed by atoms with Gasteiger partial charge in [-0.3, -0.25) is 4.79 Å². The molecule has 0 saturated heterocycles. The van der Waals surface area contributed by atoms with E-state index in [1.807, 2.05) is 30.3 Å². The lowest BCUT2D eigenvalue weighted by Gasteiger charge is -1.94. The summed E-state index contributed by atoms with van der Waals surface area (Å²) in [5.74, 6) is -0.949. The Bertz CT molecular complexity index is 470. The Morgan fingerprint density at radius 3 is 2.50 bits per heavy atom. The van der Waals surface area contributed by atoms with Crippen molar-refractivity contribution in [3.8, 4) is 0 Å². The van der Waals surface area contributed by atoms with E-state index in [-0.39, 0.29) is 11.4 Å². The molecule has 0 aliphatic rings. The molecule has 0 spiro atoms. The van der Waals surface area contributed by atoms with Crippen molar-refractivity contribution in [1.29, 1.82) is 0 Å². The summed E-state index contributed by atoms with van der Waals surface area (Å²) in [6, 6.07) is 9.56. The van der Waals surface area contributed by atoms with Gasteiger partial charge in [0.25, 0.3) is 0 Å². The predicted octanol–water partition coefficient (Wildman–Crippen LogP) is 3.08. The standard InChI is InChI=1S/C15H16O3/c1-12(15(17)18)6-5-9-14(16)11-10-13-7-3-2-4-8-13/h2-4,6-8,10-11H,5,9H2,1H3,(H,17,18)/b11-10+,12-6+. The zero-order valence-electron chi connectivity index (χ0n) is 10.3. The van der Waals surface area contributed by atoms with Crippen molar-refractivity contribution in [2.75, 3.05) is 0 Å². The van der Waals surface area contributed by atoms with Gasteiger partial charge in [0.05, 0.1) is 0 Å². The summed E-state index contributed by atoms with van der Waals surface area (Å²) in [5, 5.41) is 8.63. The van der Waals surface area contributed by atoms with Gasteiger partial charge in [-0.15, -0.1) is 0 Å². The number of hydrogen-bond acceptors (Lipinski definition) is 2. The first-order valence-corrected chi connectivity index (χ1v) is 5.75. The van der Waals surface area contributed by atoms with Crippen molar-refractivity contribution in [1.82, 2.24) is 0 Å². The lowest BCUT2D eigenvalue weighted by Crippen LogP contribution is -1.97. The van der Waals surface area contributed by atoms with Gasteiger partial charge in [0.1, 0.15) is 0 Å². The quantitative estimate of drug-likeness (QED) is 0.782. The van der Waals surface area contributed by atoms with Crippen LogP contribution in [0.2, 0.25) is 0 Å². The van der Waals surface area contributed by atoms with E-state index in [1.54, 1.807) is 12.2 Å². The minimum Gasteiger partial charge on any atom is -0.478 e. The fraction of sp³-hybridized carbons (Fsp3) is 0.200. The minimum atomic E-state index is -0.942. The van der Waals surface area contributed by atoms with Crippen molar-refractivity contribution in [3.05, 3.63) is 53.6 Å². The average molecular weight is 244 g/mol. The predicted molar refractivity (Wildman–Crippen MR) is 71.1 cm³/mol. The molecule has 0 fully saturated rings. The number of benzene rings is 1. The van der Waals surface area contributed by atoms with Crippen LogP contribution in [0.3, 0.4) is 0 Å². The highest BCUT2D eigenvalue weighted by atomic mass is 16.4. The van der Waals surface area contributed by atoms with Gasteiger partial charge < -0.3 is 5.11 Å². The second-order valence-corrected chi connectivity index (χ2v) is 3.94. The summed E-state index contributed by atoms with van der Waals surface area (Å²) in [7, 11) is 0. The van der Waals surface area contributed by atoms with E-state index in [2.05, 4.69) is 0 Å². The second-order valence-electron chi connectivity index (χ2n) is 3.94. The van der Waals surface area contributed by atoms with Crippen molar-refractivity contribution < 1.29 is 14.7 Å². The molecule has 0 aliphatic carbocycles. The zero-order valence-corrected chi connectivity index (χ0v) is 10.3. The van der Waals surface area contributed by atoms with Crippen LogP contribution in [0.1, 0.15) is 25.3 Å². The Morgan fingerprint density at radius 2 is 1.89 bits per heavy atom. The van der Waals surface area contributed by atoms with Crippen LogP contribution in [0.15, 0.2) is 48.1 Å². The molecule has 0 amide bonds. The third kappa shape index (κ3) is 5.25. The Hall–Kier alpha value is -2.16. The molecule has 0 heterocycles. The van der Waals surface area contributed by atoms with Crippen LogP contribution in [0, 0.1) is 0 Å². The van der Waals surface area contributed by atoms with Gasteiger partial charge in [-0.1, -0.05) is 42.5 Å². The molecule has 0 unspecified atom stereocenters. The number of aliphatic carboxylic acids is 1. The van der Waals surface area contributed by atoms with E-state index in [0.29, 0.717) is 12.8 Å². The normalized spacial score (nSPS) is 11.7. The van der Waals surface area contributed by atoms with Crippen LogP contribution < -0.4 is 0 Å². The molecular formula is C15H16O3. The fourth-order valence-corrected chi connectivity index (χ4v) is 1.35. The smallest absolute Gasteiger partial charge is 0.330 e. The molecular weight excluding hydrogens is 228 g/mol. The minimum absolute atomic E-state index is 0.00621. The molecule has 0 saturated carbocycles. The lowest BCUT2D eigenvalue weighted by atomic mass is 10.1. The molecule has 0 bridgehead atoms. The summed E-state index contributed by atoms with van der Waals surface area (Å²) in [6.07, 6.45) is 5.63. The molecule has 1 aromatic rings. The molecule has 3 nitrogen and oxygen atoms in total. The SMILES string of the molecule is C/C(=C\CCC(=O)/C=C/c1ccccc1)C(=O)O. The van der Waals surface area contributed by atoms with Crippen molar-refractivity contribution >= 4 is 17.8 Å². The topological polar surface area (TPSA) is 54.4 Å². The average Bonchev–Trinajstić information content (AvgIpc) is 2.37. The van der Waals surface area contributed by atoms with Crippen LogP contribution in [0.25, 0.3) is 6.08 Å². The van der Waals surface area contributed by atoms with Crippen molar-refractivity contribution in [2.24, 2.45) is 0 Å².